The molecule has 0 aliphatic carbocycles. The highest BCUT2D eigenvalue weighted by molar-refractivity contribution is 5.46. The van der Waals surface area contributed by atoms with Gasteiger partial charge in [0.1, 0.15) is 5.69 Å². The highest BCUT2D eigenvalue weighted by atomic mass is 16.5. The molecule has 0 amide bonds. The predicted octanol–water partition coefficient (Wildman–Crippen LogP) is 0.781. The molecular formula is C13H19N5O2. The number of hydrogen-bond donors (Lipinski definition) is 1. The van der Waals surface area contributed by atoms with Crippen LogP contribution in [0.4, 0.5) is 0 Å². The molecule has 3 heterocycles. The summed E-state index contributed by atoms with van der Waals surface area (Å²) in [6.07, 6.45) is 5.00. The molecule has 1 aliphatic heterocycles. The first-order valence-corrected chi connectivity index (χ1v) is 6.96. The largest absolute Gasteiger partial charge is 0.378 e. The summed E-state index contributed by atoms with van der Waals surface area (Å²) >= 11 is 0. The van der Waals surface area contributed by atoms with E-state index < -0.39 is 0 Å². The van der Waals surface area contributed by atoms with Crippen molar-refractivity contribution < 1.29 is 9.26 Å². The lowest BCUT2D eigenvalue weighted by Crippen LogP contribution is -2.32. The Morgan fingerprint density at radius 3 is 3.05 bits per heavy atom. The van der Waals surface area contributed by atoms with Crippen molar-refractivity contribution in [1.82, 2.24) is 25.2 Å². The molecule has 0 saturated carbocycles. The van der Waals surface area contributed by atoms with E-state index in [1.165, 1.54) is 0 Å². The highest BCUT2D eigenvalue weighted by Gasteiger charge is 2.14. The number of nitrogens with zero attached hydrogens (tertiary/aromatic N) is 4. The number of nitrogens with one attached hydrogen (secondary N) is 1. The average molecular weight is 277 g/mol. The lowest BCUT2D eigenvalue weighted by Gasteiger charge is -2.22. The van der Waals surface area contributed by atoms with Gasteiger partial charge in [0.2, 0.25) is 11.7 Å². The Labute approximate surface area is 117 Å². The lowest BCUT2D eigenvalue weighted by atomic mass is 10.1. The Morgan fingerprint density at radius 2 is 2.30 bits per heavy atom. The van der Waals surface area contributed by atoms with Crippen molar-refractivity contribution in [1.29, 1.82) is 0 Å². The van der Waals surface area contributed by atoms with E-state index in [9.17, 15) is 0 Å². The summed E-state index contributed by atoms with van der Waals surface area (Å²) in [6, 6.07) is 1.86. The van der Waals surface area contributed by atoms with Gasteiger partial charge in [-0.3, -0.25) is 4.68 Å². The van der Waals surface area contributed by atoms with Crippen molar-refractivity contribution in [3.63, 3.8) is 0 Å². The molecule has 1 N–H and O–H groups in total. The van der Waals surface area contributed by atoms with Crippen LogP contribution in [0.15, 0.2) is 16.8 Å². The van der Waals surface area contributed by atoms with Crippen molar-refractivity contribution in [2.75, 3.05) is 19.7 Å². The molecule has 0 bridgehead atoms. The summed E-state index contributed by atoms with van der Waals surface area (Å²) in [5.41, 5.74) is 0.724. The minimum Gasteiger partial charge on any atom is -0.378 e. The van der Waals surface area contributed by atoms with E-state index in [-0.39, 0.29) is 0 Å². The molecule has 2 aromatic heterocycles. The van der Waals surface area contributed by atoms with Gasteiger partial charge in [0, 0.05) is 13.2 Å². The first-order valence-electron chi connectivity index (χ1n) is 6.96. The van der Waals surface area contributed by atoms with Crippen molar-refractivity contribution in [2.24, 2.45) is 7.05 Å². The van der Waals surface area contributed by atoms with Crippen LogP contribution in [0.1, 0.15) is 18.7 Å². The maximum absolute atomic E-state index is 5.82. The van der Waals surface area contributed by atoms with Crippen molar-refractivity contribution >= 4 is 0 Å². The molecular weight excluding hydrogens is 258 g/mol. The van der Waals surface area contributed by atoms with Crippen LogP contribution < -0.4 is 5.32 Å². The second-order valence-corrected chi connectivity index (χ2v) is 4.96. The van der Waals surface area contributed by atoms with Gasteiger partial charge in [-0.15, -0.1) is 0 Å². The third kappa shape index (κ3) is 3.23. The summed E-state index contributed by atoms with van der Waals surface area (Å²) in [6.45, 7) is 2.69. The van der Waals surface area contributed by atoms with Gasteiger partial charge in [0.25, 0.3) is 0 Å². The normalized spacial score (nSPS) is 16.6. The van der Waals surface area contributed by atoms with E-state index >= 15 is 0 Å². The number of aryl methyl sites for hydroxylation is 1. The van der Waals surface area contributed by atoms with Crippen molar-refractivity contribution in [2.45, 2.75) is 25.4 Å². The summed E-state index contributed by atoms with van der Waals surface area (Å²) in [7, 11) is 1.86. The molecule has 20 heavy (non-hydrogen) atoms. The molecule has 7 heteroatoms. The second kappa shape index (κ2) is 6.15. The minimum atomic E-state index is 0.356. The average Bonchev–Trinajstić information content (AvgIpc) is 3.09. The van der Waals surface area contributed by atoms with Gasteiger partial charge in [-0.2, -0.15) is 10.1 Å². The molecule has 108 valence electrons. The molecule has 2 aromatic rings. The van der Waals surface area contributed by atoms with Crippen LogP contribution in [0.5, 0.6) is 0 Å². The summed E-state index contributed by atoms with van der Waals surface area (Å²) in [5, 5.41) is 11.5. The maximum atomic E-state index is 5.82. The van der Waals surface area contributed by atoms with E-state index in [4.69, 9.17) is 9.26 Å². The Bertz CT molecular complexity index is 544. The molecule has 1 aliphatic rings. The SMILES string of the molecule is Cn1ccc(-c2noc(CCOC3CCNCC3)n2)n1. The molecule has 7 nitrogen and oxygen atoms in total. The topological polar surface area (TPSA) is 78.0 Å². The van der Waals surface area contributed by atoms with Crippen LogP contribution in [0.3, 0.4) is 0 Å². The smallest absolute Gasteiger partial charge is 0.229 e. The zero-order valence-corrected chi connectivity index (χ0v) is 11.6. The highest BCUT2D eigenvalue weighted by Crippen LogP contribution is 2.13. The lowest BCUT2D eigenvalue weighted by molar-refractivity contribution is 0.0322. The van der Waals surface area contributed by atoms with Gasteiger partial charge in [0.05, 0.1) is 19.1 Å². The second-order valence-electron chi connectivity index (χ2n) is 4.96. The molecule has 0 atom stereocenters. The summed E-state index contributed by atoms with van der Waals surface area (Å²) in [4.78, 5) is 4.33. The number of rotatable bonds is 5. The zero-order valence-electron chi connectivity index (χ0n) is 11.6. The first kappa shape index (κ1) is 13.3. The van der Waals surface area contributed by atoms with Gasteiger partial charge in [-0.05, 0) is 32.0 Å². The van der Waals surface area contributed by atoms with E-state index in [2.05, 4.69) is 20.6 Å². The Morgan fingerprint density at radius 1 is 1.45 bits per heavy atom. The van der Waals surface area contributed by atoms with E-state index in [0.717, 1.165) is 31.6 Å². The van der Waals surface area contributed by atoms with Crippen LogP contribution in [0.2, 0.25) is 0 Å². The van der Waals surface area contributed by atoms with E-state index in [0.29, 0.717) is 30.8 Å². The molecule has 0 aromatic carbocycles. The fourth-order valence-electron chi connectivity index (χ4n) is 2.27. The molecule has 3 rings (SSSR count). The molecule has 1 saturated heterocycles. The fraction of sp³-hybridized carbons (Fsp3) is 0.615. The zero-order chi connectivity index (χ0) is 13.8. The van der Waals surface area contributed by atoms with Crippen LogP contribution in [0, 0.1) is 0 Å². The van der Waals surface area contributed by atoms with Crippen molar-refractivity contribution in [3.8, 4) is 11.5 Å². The van der Waals surface area contributed by atoms with Crippen LogP contribution in [0.25, 0.3) is 11.5 Å². The maximum Gasteiger partial charge on any atom is 0.229 e. The van der Waals surface area contributed by atoms with E-state index in [1.54, 1.807) is 4.68 Å². The van der Waals surface area contributed by atoms with Gasteiger partial charge in [0.15, 0.2) is 0 Å². The van der Waals surface area contributed by atoms with Crippen LogP contribution in [-0.2, 0) is 18.2 Å². The fourth-order valence-corrected chi connectivity index (χ4v) is 2.27. The summed E-state index contributed by atoms with van der Waals surface area (Å²) in [5.74, 6) is 1.13. The number of ether oxygens (including phenoxy) is 1. The van der Waals surface area contributed by atoms with Gasteiger partial charge in [-0.1, -0.05) is 5.16 Å². The minimum absolute atomic E-state index is 0.356. The third-order valence-corrected chi connectivity index (χ3v) is 3.37. The van der Waals surface area contributed by atoms with Crippen LogP contribution >= 0.6 is 0 Å². The standard InChI is InChI=1S/C13H19N5O2/c1-18-8-4-11(16-18)13-15-12(20-17-13)5-9-19-10-2-6-14-7-3-10/h4,8,10,14H,2-3,5-7,9H2,1H3. The molecule has 0 unspecified atom stereocenters. The quantitative estimate of drug-likeness (QED) is 0.870. The molecule has 0 radical (unpaired) electrons. The molecule has 0 spiro atoms. The van der Waals surface area contributed by atoms with Gasteiger partial charge >= 0.3 is 0 Å². The summed E-state index contributed by atoms with van der Waals surface area (Å²) < 4.78 is 12.7. The Kier molecular flexibility index (Phi) is 4.08. The molecule has 1 fully saturated rings. The number of hydrogen-bond acceptors (Lipinski definition) is 6. The number of aromatic nitrogens is 4. The Hall–Kier alpha value is -1.73. The first-order chi connectivity index (χ1) is 9.81. The predicted molar refractivity (Wildman–Crippen MR) is 72.0 cm³/mol. The van der Waals surface area contributed by atoms with Gasteiger partial charge < -0.3 is 14.6 Å². The van der Waals surface area contributed by atoms with Crippen LogP contribution in [-0.4, -0.2) is 45.7 Å². The van der Waals surface area contributed by atoms with E-state index in [1.807, 2.05) is 19.3 Å². The van der Waals surface area contributed by atoms with Crippen molar-refractivity contribution in [3.05, 3.63) is 18.2 Å². The number of piperidine rings is 1. The monoisotopic (exact) mass is 277 g/mol. The third-order valence-electron chi connectivity index (χ3n) is 3.37. The van der Waals surface area contributed by atoms with Gasteiger partial charge in [-0.25, -0.2) is 0 Å². The Balaban J connectivity index is 1.50.